The Balaban J connectivity index is 2.01. The molecule has 116 valence electrons. The van der Waals surface area contributed by atoms with E-state index in [1.165, 1.54) is 12.8 Å². The van der Waals surface area contributed by atoms with Crippen molar-refractivity contribution >= 4 is 22.8 Å². The predicted octanol–water partition coefficient (Wildman–Crippen LogP) is 2.91. The molecule has 5 nitrogen and oxygen atoms in total. The fourth-order valence-corrected chi connectivity index (χ4v) is 3.28. The molecule has 0 aromatic carbocycles. The van der Waals surface area contributed by atoms with Gasteiger partial charge in [0.1, 0.15) is 11.3 Å². The molecule has 21 heavy (non-hydrogen) atoms. The van der Waals surface area contributed by atoms with E-state index in [2.05, 4.69) is 16.6 Å². The van der Waals surface area contributed by atoms with E-state index in [-0.39, 0.29) is 6.10 Å². The van der Waals surface area contributed by atoms with Crippen molar-refractivity contribution in [1.29, 1.82) is 0 Å². The highest BCUT2D eigenvalue weighted by Gasteiger charge is 2.22. The van der Waals surface area contributed by atoms with Crippen LogP contribution in [0.1, 0.15) is 37.7 Å². The summed E-state index contributed by atoms with van der Waals surface area (Å²) in [5.41, 5.74) is 3.11. The normalized spacial score (nSPS) is 19.5. The Bertz CT molecular complexity index is 613. The van der Waals surface area contributed by atoms with E-state index in [4.69, 9.17) is 21.3 Å². The second-order valence-corrected chi connectivity index (χ2v) is 6.02. The van der Waals surface area contributed by atoms with Crippen molar-refractivity contribution in [3.63, 3.8) is 0 Å². The average Bonchev–Trinajstić information content (AvgIpc) is 3.00. The molecular weight excluding hydrogens is 288 g/mol. The monoisotopic (exact) mass is 310 g/mol. The maximum atomic E-state index is 5.95. The van der Waals surface area contributed by atoms with Gasteiger partial charge in [0.15, 0.2) is 5.65 Å². The summed E-state index contributed by atoms with van der Waals surface area (Å²) >= 11 is 5.95. The minimum atomic E-state index is 0.283. The average molecular weight is 311 g/mol. The van der Waals surface area contributed by atoms with E-state index >= 15 is 0 Å². The summed E-state index contributed by atoms with van der Waals surface area (Å²) in [5, 5.41) is 4.58. The first-order chi connectivity index (χ1) is 10.2. The van der Waals surface area contributed by atoms with Gasteiger partial charge in [0.05, 0.1) is 18.3 Å². The standard InChI is InChI=1S/C15H23ClN4O/c1-3-20-15-14(11(2)18-20)17-13(7-8-16)19(15)10-12-6-4-5-9-21-12/h12H,3-10H2,1-2H3. The molecule has 6 heteroatoms. The Hall–Kier alpha value is -1.07. The Kier molecular flexibility index (Phi) is 4.50. The second-order valence-electron chi connectivity index (χ2n) is 5.64. The molecule has 1 aliphatic rings. The topological polar surface area (TPSA) is 44.9 Å². The highest BCUT2D eigenvalue weighted by atomic mass is 35.5. The third-order valence-electron chi connectivity index (χ3n) is 4.16. The van der Waals surface area contributed by atoms with Gasteiger partial charge in [-0.15, -0.1) is 11.6 Å². The molecule has 3 heterocycles. The van der Waals surface area contributed by atoms with Crippen LogP contribution in [0.25, 0.3) is 11.2 Å². The maximum Gasteiger partial charge on any atom is 0.159 e. The van der Waals surface area contributed by atoms with Crippen molar-refractivity contribution in [2.75, 3.05) is 12.5 Å². The summed E-state index contributed by atoms with van der Waals surface area (Å²) in [5.74, 6) is 1.64. The van der Waals surface area contributed by atoms with Crippen molar-refractivity contribution in [2.24, 2.45) is 0 Å². The molecule has 1 saturated heterocycles. The van der Waals surface area contributed by atoms with Crippen LogP contribution in [0.15, 0.2) is 0 Å². The predicted molar refractivity (Wildman–Crippen MR) is 83.9 cm³/mol. The fraction of sp³-hybridized carbons (Fsp3) is 0.733. The van der Waals surface area contributed by atoms with Crippen LogP contribution in [-0.2, 0) is 24.2 Å². The number of aromatic nitrogens is 4. The number of aryl methyl sites for hydroxylation is 3. The molecule has 0 saturated carbocycles. The molecule has 3 rings (SSSR count). The van der Waals surface area contributed by atoms with Gasteiger partial charge in [-0.3, -0.25) is 0 Å². The summed E-state index contributed by atoms with van der Waals surface area (Å²) in [6.07, 6.45) is 4.62. The fourth-order valence-electron chi connectivity index (χ4n) is 3.11. The number of halogens is 1. The van der Waals surface area contributed by atoms with Gasteiger partial charge >= 0.3 is 0 Å². The van der Waals surface area contributed by atoms with E-state index < -0.39 is 0 Å². The molecule has 0 bridgehead atoms. The number of fused-ring (bicyclic) bond motifs is 1. The van der Waals surface area contributed by atoms with Crippen LogP contribution in [0.4, 0.5) is 0 Å². The first kappa shape index (κ1) is 14.9. The van der Waals surface area contributed by atoms with Gasteiger partial charge in [-0.25, -0.2) is 9.67 Å². The first-order valence-electron chi connectivity index (χ1n) is 7.84. The van der Waals surface area contributed by atoms with Gasteiger partial charge in [0.25, 0.3) is 0 Å². The molecule has 0 amide bonds. The Labute approximate surface area is 130 Å². The molecule has 2 aromatic rings. The van der Waals surface area contributed by atoms with Crippen LogP contribution in [0, 0.1) is 6.92 Å². The van der Waals surface area contributed by atoms with Gasteiger partial charge in [0, 0.05) is 25.5 Å². The van der Waals surface area contributed by atoms with Gasteiger partial charge in [0.2, 0.25) is 0 Å². The minimum Gasteiger partial charge on any atom is -0.376 e. The largest absolute Gasteiger partial charge is 0.376 e. The van der Waals surface area contributed by atoms with Crippen LogP contribution in [0.2, 0.25) is 0 Å². The van der Waals surface area contributed by atoms with Crippen molar-refractivity contribution in [1.82, 2.24) is 19.3 Å². The molecular formula is C15H23ClN4O. The van der Waals surface area contributed by atoms with Crippen molar-refractivity contribution < 1.29 is 4.74 Å². The maximum absolute atomic E-state index is 5.95. The number of hydrogen-bond acceptors (Lipinski definition) is 3. The Morgan fingerprint density at radius 2 is 2.24 bits per heavy atom. The van der Waals surface area contributed by atoms with Crippen LogP contribution >= 0.6 is 11.6 Å². The van der Waals surface area contributed by atoms with E-state index in [0.29, 0.717) is 5.88 Å². The van der Waals surface area contributed by atoms with E-state index in [0.717, 1.165) is 55.2 Å². The molecule has 0 aliphatic carbocycles. The van der Waals surface area contributed by atoms with Gasteiger partial charge in [-0.2, -0.15) is 5.10 Å². The Morgan fingerprint density at radius 3 is 2.90 bits per heavy atom. The molecule has 1 aliphatic heterocycles. The van der Waals surface area contributed by atoms with Gasteiger partial charge < -0.3 is 9.30 Å². The summed E-state index contributed by atoms with van der Waals surface area (Å²) < 4.78 is 10.2. The van der Waals surface area contributed by atoms with Crippen LogP contribution in [0.3, 0.4) is 0 Å². The summed E-state index contributed by atoms with van der Waals surface area (Å²) in [7, 11) is 0. The van der Waals surface area contributed by atoms with E-state index in [1.807, 2.05) is 11.6 Å². The molecule has 1 atom stereocenters. The lowest BCUT2D eigenvalue weighted by molar-refractivity contribution is 0.00604. The molecule has 2 aromatic heterocycles. The molecule has 1 unspecified atom stereocenters. The summed E-state index contributed by atoms with van der Waals surface area (Å²) in [6.45, 7) is 6.71. The van der Waals surface area contributed by atoms with Crippen molar-refractivity contribution in [3.8, 4) is 0 Å². The number of alkyl halides is 1. The lowest BCUT2D eigenvalue weighted by atomic mass is 10.1. The zero-order chi connectivity index (χ0) is 14.8. The number of imidazole rings is 1. The lowest BCUT2D eigenvalue weighted by Crippen LogP contribution is -2.26. The molecule has 0 N–H and O–H groups in total. The highest BCUT2D eigenvalue weighted by Crippen LogP contribution is 2.23. The minimum absolute atomic E-state index is 0.283. The molecule has 0 spiro atoms. The third-order valence-corrected chi connectivity index (χ3v) is 4.34. The van der Waals surface area contributed by atoms with Gasteiger partial charge in [-0.05, 0) is 33.1 Å². The zero-order valence-corrected chi connectivity index (χ0v) is 13.6. The number of rotatable bonds is 5. The van der Waals surface area contributed by atoms with E-state index in [1.54, 1.807) is 0 Å². The van der Waals surface area contributed by atoms with Crippen molar-refractivity contribution in [3.05, 3.63) is 11.5 Å². The molecule has 1 fully saturated rings. The van der Waals surface area contributed by atoms with Crippen LogP contribution in [0.5, 0.6) is 0 Å². The molecule has 0 radical (unpaired) electrons. The third kappa shape index (κ3) is 2.81. The van der Waals surface area contributed by atoms with Crippen LogP contribution in [-0.4, -0.2) is 37.9 Å². The lowest BCUT2D eigenvalue weighted by Gasteiger charge is -2.24. The van der Waals surface area contributed by atoms with E-state index in [9.17, 15) is 0 Å². The summed E-state index contributed by atoms with van der Waals surface area (Å²) in [4.78, 5) is 4.78. The smallest absolute Gasteiger partial charge is 0.159 e. The Morgan fingerprint density at radius 1 is 1.38 bits per heavy atom. The van der Waals surface area contributed by atoms with Crippen LogP contribution < -0.4 is 0 Å². The SMILES string of the molecule is CCn1nc(C)c2nc(CCCl)n(CC3CCCCO3)c21. The first-order valence-corrected chi connectivity index (χ1v) is 8.38. The quantitative estimate of drug-likeness (QED) is 0.798. The number of ether oxygens (including phenoxy) is 1. The summed E-state index contributed by atoms with van der Waals surface area (Å²) in [6, 6.07) is 0. The number of hydrogen-bond donors (Lipinski definition) is 0. The number of nitrogens with zero attached hydrogens (tertiary/aromatic N) is 4. The highest BCUT2D eigenvalue weighted by molar-refractivity contribution is 6.17. The zero-order valence-electron chi connectivity index (χ0n) is 12.8. The van der Waals surface area contributed by atoms with Crippen molar-refractivity contribution in [2.45, 2.75) is 58.7 Å². The second kappa shape index (κ2) is 6.36. The van der Waals surface area contributed by atoms with Gasteiger partial charge in [-0.1, -0.05) is 0 Å².